The van der Waals surface area contributed by atoms with Crippen LogP contribution in [-0.2, 0) is 9.48 Å². The third-order valence-electron chi connectivity index (χ3n) is 6.57. The van der Waals surface area contributed by atoms with Crippen LogP contribution in [0.15, 0.2) is 24.3 Å². The van der Waals surface area contributed by atoms with E-state index in [0.29, 0.717) is 42.8 Å². The fourth-order valence-corrected chi connectivity index (χ4v) is 6.34. The molecule has 186 valence electrons. The normalized spacial score (nSPS) is 23.8. The number of hydrogen-bond donors (Lipinski definition) is 4. The fraction of sp³-hybridized carbons (Fsp3) is 0.522. The molecule has 2 aliphatic heterocycles. The van der Waals surface area contributed by atoms with Crippen molar-refractivity contribution in [2.24, 2.45) is 0 Å². The first-order chi connectivity index (χ1) is 16.1. The smallest absolute Gasteiger partial charge is 0.319 e. The number of alkyl halides is 1. The van der Waals surface area contributed by atoms with Gasteiger partial charge in [-0.3, -0.25) is 9.11 Å². The maximum atomic E-state index is 12.2. The molecular weight excluding hydrogens is 461 g/mol. The monoisotopic (exact) mass is 493 g/mol. The van der Waals surface area contributed by atoms with E-state index < -0.39 is 33.3 Å². The number of carbonyl (C=O) groups is 1. The second-order valence-corrected chi connectivity index (χ2v) is 12.1. The number of anilines is 2. The Balaban J connectivity index is 1.75. The molecule has 9 nitrogen and oxygen atoms in total. The lowest BCUT2D eigenvalue weighted by Gasteiger charge is -2.43. The minimum atomic E-state index is -3.01. The fourth-order valence-electron chi connectivity index (χ4n) is 4.47. The minimum absolute atomic E-state index is 0.0526. The minimum Gasteiger partial charge on any atom is -0.377 e. The van der Waals surface area contributed by atoms with Crippen LogP contribution in [0, 0.1) is 0 Å². The van der Waals surface area contributed by atoms with Gasteiger partial charge < -0.3 is 20.3 Å². The quantitative estimate of drug-likeness (QED) is 0.483. The van der Waals surface area contributed by atoms with Gasteiger partial charge in [-0.2, -0.15) is 10.6 Å². The number of hydrogen-bond acceptors (Lipinski definition) is 7. The van der Waals surface area contributed by atoms with Gasteiger partial charge in [0.25, 0.3) is 0 Å². The molecule has 4 rings (SSSR count). The van der Waals surface area contributed by atoms with E-state index in [1.807, 2.05) is 20.8 Å². The molecule has 1 aromatic heterocycles. The van der Waals surface area contributed by atoms with Crippen molar-refractivity contribution in [1.29, 1.82) is 0 Å². The Morgan fingerprint density at radius 3 is 2.62 bits per heavy atom. The Morgan fingerprint density at radius 1 is 1.26 bits per heavy atom. The number of carbonyl (C=O) groups excluding carboxylic acids is 1. The molecule has 0 spiro atoms. The van der Waals surface area contributed by atoms with Gasteiger partial charge in [-0.25, -0.2) is 19.2 Å². The molecule has 1 saturated heterocycles. The number of rotatable bonds is 5. The van der Waals surface area contributed by atoms with Crippen molar-refractivity contribution in [3.8, 4) is 11.4 Å². The highest BCUT2D eigenvalue weighted by Crippen LogP contribution is 2.73. The zero-order chi connectivity index (χ0) is 24.7. The average molecular weight is 494 g/mol. The Hall–Kier alpha value is -2.47. The standard InChI is InChI=1S/C23H32FN5O4S/c1-14-13-33-12-11-29(14)21-18-15(2)34(31,32)23(3,4)19(18)27-20(28-21)16-5-7-17(8-6-16)26-22(30)25-10-9-24/h5-8,14-15,31-32H,9-13H2,1-4H3,(H2,25,26,30)/t14-,15?/m0/s1. The number of fused-ring (bicyclic) bond motifs is 1. The molecule has 2 amide bonds. The molecule has 1 unspecified atom stereocenters. The van der Waals surface area contributed by atoms with Crippen LogP contribution in [0.25, 0.3) is 11.4 Å². The molecule has 34 heavy (non-hydrogen) atoms. The molecular formula is C23H32FN5O4S. The number of amides is 2. The van der Waals surface area contributed by atoms with Crippen molar-refractivity contribution in [1.82, 2.24) is 15.3 Å². The Bertz CT molecular complexity index is 1070. The number of nitrogens with one attached hydrogen (secondary N) is 2. The summed E-state index contributed by atoms with van der Waals surface area (Å²) in [5.41, 5.74) is 2.70. The Morgan fingerprint density at radius 2 is 1.97 bits per heavy atom. The molecule has 1 aromatic carbocycles. The summed E-state index contributed by atoms with van der Waals surface area (Å²) in [4.78, 5) is 23.7. The highest BCUT2D eigenvalue weighted by atomic mass is 32.3. The zero-order valence-corrected chi connectivity index (χ0v) is 20.7. The summed E-state index contributed by atoms with van der Waals surface area (Å²) < 4.78 is 39.1. The van der Waals surface area contributed by atoms with Gasteiger partial charge in [0.2, 0.25) is 0 Å². The van der Waals surface area contributed by atoms with Crippen LogP contribution in [0.4, 0.5) is 20.7 Å². The van der Waals surface area contributed by atoms with Crippen LogP contribution in [0.5, 0.6) is 0 Å². The number of urea groups is 1. The number of benzene rings is 1. The van der Waals surface area contributed by atoms with Crippen LogP contribution < -0.4 is 15.5 Å². The van der Waals surface area contributed by atoms with Crippen molar-refractivity contribution in [3.05, 3.63) is 35.5 Å². The van der Waals surface area contributed by atoms with Gasteiger partial charge in [-0.1, -0.05) is 0 Å². The zero-order valence-electron chi connectivity index (χ0n) is 19.8. The first kappa shape index (κ1) is 24.6. The highest BCUT2D eigenvalue weighted by Gasteiger charge is 2.52. The van der Waals surface area contributed by atoms with Gasteiger partial charge in [0.15, 0.2) is 5.82 Å². The Labute approximate surface area is 200 Å². The molecule has 1 fully saturated rings. The van der Waals surface area contributed by atoms with Gasteiger partial charge in [-0.15, -0.1) is 0 Å². The number of morpholine rings is 1. The van der Waals surface area contributed by atoms with E-state index in [4.69, 9.17) is 14.7 Å². The van der Waals surface area contributed by atoms with Crippen LogP contribution in [0.2, 0.25) is 0 Å². The maximum Gasteiger partial charge on any atom is 0.319 e. The molecule has 0 aliphatic carbocycles. The molecule has 4 N–H and O–H groups in total. The first-order valence-corrected chi connectivity index (χ1v) is 12.9. The molecule has 2 aliphatic rings. The summed E-state index contributed by atoms with van der Waals surface area (Å²) in [5.74, 6) is 1.18. The van der Waals surface area contributed by atoms with Crippen LogP contribution >= 0.6 is 10.6 Å². The lowest BCUT2D eigenvalue weighted by molar-refractivity contribution is 0.0984. The van der Waals surface area contributed by atoms with E-state index in [1.54, 1.807) is 24.3 Å². The van der Waals surface area contributed by atoms with E-state index in [2.05, 4.69) is 22.5 Å². The number of aromatic nitrogens is 2. The number of nitrogens with zero attached hydrogens (tertiary/aromatic N) is 3. The van der Waals surface area contributed by atoms with Crippen LogP contribution in [0.1, 0.15) is 44.2 Å². The van der Waals surface area contributed by atoms with Crippen molar-refractivity contribution in [2.75, 3.05) is 43.2 Å². The maximum absolute atomic E-state index is 12.2. The first-order valence-electron chi connectivity index (χ1n) is 11.3. The van der Waals surface area contributed by atoms with Crippen molar-refractivity contribution < 1.29 is 23.0 Å². The van der Waals surface area contributed by atoms with Crippen molar-refractivity contribution in [3.63, 3.8) is 0 Å². The van der Waals surface area contributed by atoms with Gasteiger partial charge in [-0.05, 0) is 52.0 Å². The molecule has 0 radical (unpaired) electrons. The summed E-state index contributed by atoms with van der Waals surface area (Å²) in [5, 5.41) is 4.57. The van der Waals surface area contributed by atoms with Crippen LogP contribution in [0.3, 0.4) is 0 Å². The van der Waals surface area contributed by atoms with E-state index in [9.17, 15) is 18.3 Å². The summed E-state index contributed by atoms with van der Waals surface area (Å²) in [6.07, 6.45) is 0. The van der Waals surface area contributed by atoms with Crippen LogP contribution in [-0.4, -0.2) is 64.1 Å². The van der Waals surface area contributed by atoms with E-state index in [-0.39, 0.29) is 12.6 Å². The number of halogens is 1. The molecule has 3 heterocycles. The number of ether oxygens (including phenoxy) is 1. The van der Waals surface area contributed by atoms with E-state index in [1.165, 1.54) is 0 Å². The average Bonchev–Trinajstić information content (AvgIpc) is 2.95. The summed E-state index contributed by atoms with van der Waals surface area (Å²) in [6, 6.07) is 6.63. The highest BCUT2D eigenvalue weighted by molar-refractivity contribution is 8.25. The largest absolute Gasteiger partial charge is 0.377 e. The Kier molecular flexibility index (Phi) is 6.74. The van der Waals surface area contributed by atoms with Gasteiger partial charge in [0, 0.05) is 29.9 Å². The third-order valence-corrected chi connectivity index (χ3v) is 9.48. The molecule has 0 saturated carbocycles. The predicted molar refractivity (Wildman–Crippen MR) is 132 cm³/mol. The van der Waals surface area contributed by atoms with Crippen molar-refractivity contribution >= 4 is 28.1 Å². The molecule has 11 heteroatoms. The predicted octanol–water partition coefficient (Wildman–Crippen LogP) is 4.52. The van der Waals surface area contributed by atoms with E-state index in [0.717, 1.165) is 11.1 Å². The molecule has 2 aromatic rings. The van der Waals surface area contributed by atoms with Gasteiger partial charge in [0.05, 0.1) is 34.9 Å². The lowest BCUT2D eigenvalue weighted by Crippen LogP contribution is -2.44. The summed E-state index contributed by atoms with van der Waals surface area (Å²) >= 11 is 0. The summed E-state index contributed by atoms with van der Waals surface area (Å²) in [6.45, 7) is 8.61. The second-order valence-electron chi connectivity index (χ2n) is 9.14. The molecule has 2 atom stereocenters. The third kappa shape index (κ3) is 4.21. The van der Waals surface area contributed by atoms with Gasteiger partial charge in [0.1, 0.15) is 12.5 Å². The van der Waals surface area contributed by atoms with E-state index >= 15 is 0 Å². The molecule has 0 bridgehead atoms. The lowest BCUT2D eigenvalue weighted by atomic mass is 10.0. The van der Waals surface area contributed by atoms with Gasteiger partial charge >= 0.3 is 6.03 Å². The second kappa shape index (κ2) is 9.29. The topological polar surface area (TPSA) is 120 Å². The van der Waals surface area contributed by atoms with Crippen molar-refractivity contribution in [2.45, 2.75) is 43.7 Å². The SMILES string of the molecule is CC1c2c(N3CCOC[C@@H]3C)nc(-c3ccc(NC(=O)NCCF)cc3)nc2C(C)(C)S1(O)O. The summed E-state index contributed by atoms with van der Waals surface area (Å²) in [7, 11) is -3.01.